The highest BCUT2D eigenvalue weighted by Gasteiger charge is 2.25. The summed E-state index contributed by atoms with van der Waals surface area (Å²) >= 11 is 6.20. The van der Waals surface area contributed by atoms with Crippen LogP contribution in [0.25, 0.3) is 0 Å². The lowest BCUT2D eigenvalue weighted by Crippen LogP contribution is -2.14. The van der Waals surface area contributed by atoms with E-state index in [9.17, 15) is 4.79 Å². The average molecular weight is 743 g/mol. The number of anilines is 1. The van der Waals surface area contributed by atoms with Gasteiger partial charge in [0.2, 0.25) is 0 Å². The van der Waals surface area contributed by atoms with Crippen LogP contribution in [-0.4, -0.2) is 12.1 Å². The van der Waals surface area contributed by atoms with E-state index in [0.717, 1.165) is 66.0 Å². The molecule has 38 heavy (non-hydrogen) atoms. The number of para-hydroxylation sites is 1. The van der Waals surface area contributed by atoms with Gasteiger partial charge in [-0.2, -0.15) is 5.26 Å². The number of fused-ring (bicyclic) bond motifs is 1. The maximum absolute atomic E-state index is 13.3. The number of nitriles is 1. The lowest BCUT2D eigenvalue weighted by atomic mass is 9.95. The Morgan fingerprint density at radius 3 is 2.47 bits per heavy atom. The number of hydrogen-bond acceptors (Lipinski definition) is 5. The van der Waals surface area contributed by atoms with Crippen molar-refractivity contribution in [2.24, 2.45) is 4.99 Å². The number of nitrogens with zero attached hydrogens (tertiary/aromatic N) is 2. The Kier molecular flexibility index (Phi) is 8.76. The number of benzene rings is 3. The van der Waals surface area contributed by atoms with E-state index < -0.39 is 0 Å². The van der Waals surface area contributed by atoms with Crippen LogP contribution in [0.1, 0.15) is 50.3 Å². The van der Waals surface area contributed by atoms with Crippen LogP contribution in [0.3, 0.4) is 0 Å². The summed E-state index contributed by atoms with van der Waals surface area (Å²) in [6.45, 7) is 0.422. The zero-order chi connectivity index (χ0) is 26.5. The number of aliphatic imine (C=N–C) groups is 1. The van der Waals surface area contributed by atoms with Gasteiger partial charge in [0.05, 0.1) is 24.3 Å². The fourth-order valence-corrected chi connectivity index (χ4v) is 7.71. The molecule has 1 amide bonds. The topological polar surface area (TPSA) is 74.5 Å². The fourth-order valence-electron chi connectivity index (χ4n) is 4.35. The molecule has 5 nitrogen and oxygen atoms in total. The summed E-state index contributed by atoms with van der Waals surface area (Å²) in [7, 11) is 0. The molecule has 190 valence electrons. The number of rotatable bonds is 7. The summed E-state index contributed by atoms with van der Waals surface area (Å²) in [4.78, 5) is 19.4. The van der Waals surface area contributed by atoms with Gasteiger partial charge in [0.25, 0.3) is 5.91 Å². The number of nitrogens with one attached hydrogen (secondary N) is 1. The summed E-state index contributed by atoms with van der Waals surface area (Å²) in [5, 5.41) is 12.8. The Morgan fingerprint density at radius 2 is 1.76 bits per heavy atom. The number of halogens is 2. The van der Waals surface area contributed by atoms with Crippen molar-refractivity contribution >= 4 is 79.3 Å². The predicted octanol–water partition coefficient (Wildman–Crippen LogP) is 8.29. The molecule has 1 N–H and O–H groups in total. The Balaban J connectivity index is 1.37. The number of amides is 1. The van der Waals surface area contributed by atoms with Gasteiger partial charge in [-0.3, -0.25) is 4.79 Å². The molecule has 3 aromatic carbocycles. The van der Waals surface area contributed by atoms with Gasteiger partial charge in [0.1, 0.15) is 17.4 Å². The highest BCUT2D eigenvalue weighted by Crippen LogP contribution is 2.40. The number of ether oxygens (including phenoxy) is 1. The monoisotopic (exact) mass is 743 g/mol. The molecular weight excluding hydrogens is 720 g/mol. The van der Waals surface area contributed by atoms with Gasteiger partial charge in [-0.15, -0.1) is 11.3 Å². The van der Waals surface area contributed by atoms with E-state index in [1.807, 2.05) is 60.8 Å². The van der Waals surface area contributed by atoms with Crippen molar-refractivity contribution in [3.63, 3.8) is 0 Å². The summed E-state index contributed by atoms with van der Waals surface area (Å²) in [6.07, 6.45) is 6.00. The van der Waals surface area contributed by atoms with E-state index in [0.29, 0.717) is 17.7 Å². The lowest BCUT2D eigenvalue weighted by Gasteiger charge is -2.13. The predicted molar refractivity (Wildman–Crippen MR) is 170 cm³/mol. The van der Waals surface area contributed by atoms with Crippen LogP contribution in [0.4, 0.5) is 10.7 Å². The molecule has 0 unspecified atom stereocenters. The van der Waals surface area contributed by atoms with Gasteiger partial charge in [-0.1, -0.05) is 30.3 Å². The van der Waals surface area contributed by atoms with Crippen molar-refractivity contribution in [3.8, 4) is 11.8 Å². The van der Waals surface area contributed by atoms with Gasteiger partial charge in [-0.05, 0) is 124 Å². The molecule has 1 aliphatic carbocycles. The zero-order valence-electron chi connectivity index (χ0n) is 20.3. The molecule has 0 atom stereocenters. The normalized spacial score (nSPS) is 12.7. The molecule has 0 radical (unpaired) electrons. The zero-order valence-corrected chi connectivity index (χ0v) is 25.5. The van der Waals surface area contributed by atoms with Crippen LogP contribution >= 0.6 is 56.5 Å². The molecule has 0 fully saturated rings. The maximum Gasteiger partial charge on any atom is 0.259 e. The molecule has 0 spiro atoms. The standard InChI is InChI=1S/C30H23I2N3O2S/c31-24-14-21(15-25(32)28(24)37-18-20-12-10-19(16-33)11-13-20)17-34-30-27(23-8-4-5-9-26(23)38-30)29(36)35-22-6-2-1-3-7-22/h1-3,6-7,10-15,17H,4-5,8-9,18H2,(H,35,36). The largest absolute Gasteiger partial charge is 0.487 e. The van der Waals surface area contributed by atoms with Crippen molar-refractivity contribution < 1.29 is 9.53 Å². The van der Waals surface area contributed by atoms with E-state index in [1.54, 1.807) is 23.5 Å². The number of aryl methyl sites for hydroxylation is 1. The minimum atomic E-state index is -0.0986. The Morgan fingerprint density at radius 1 is 1.05 bits per heavy atom. The molecule has 1 heterocycles. The summed E-state index contributed by atoms with van der Waals surface area (Å²) < 4.78 is 8.08. The average Bonchev–Trinajstić information content (AvgIpc) is 3.31. The first-order chi connectivity index (χ1) is 18.5. The van der Waals surface area contributed by atoms with Crippen LogP contribution in [0.5, 0.6) is 5.75 Å². The lowest BCUT2D eigenvalue weighted by molar-refractivity contribution is 0.102. The van der Waals surface area contributed by atoms with E-state index in [2.05, 4.69) is 56.6 Å². The van der Waals surface area contributed by atoms with Crippen molar-refractivity contribution in [2.45, 2.75) is 32.3 Å². The fraction of sp³-hybridized carbons (Fsp3) is 0.167. The smallest absolute Gasteiger partial charge is 0.259 e. The van der Waals surface area contributed by atoms with Crippen LogP contribution in [-0.2, 0) is 19.4 Å². The second-order valence-corrected chi connectivity index (χ2v) is 12.3. The van der Waals surface area contributed by atoms with Gasteiger partial charge in [0.15, 0.2) is 0 Å². The Hall–Kier alpha value is -2.75. The molecule has 1 aromatic heterocycles. The summed E-state index contributed by atoms with van der Waals surface area (Å²) in [6, 6.07) is 23.2. The molecule has 0 saturated heterocycles. The number of thiophene rings is 1. The van der Waals surface area contributed by atoms with E-state index >= 15 is 0 Å². The third-order valence-corrected chi connectivity index (χ3v) is 9.03. The van der Waals surface area contributed by atoms with Crippen LogP contribution < -0.4 is 10.1 Å². The highest BCUT2D eigenvalue weighted by molar-refractivity contribution is 14.1. The molecule has 0 bridgehead atoms. The van der Waals surface area contributed by atoms with E-state index in [4.69, 9.17) is 15.0 Å². The summed E-state index contributed by atoms with van der Waals surface area (Å²) in [5.74, 6) is 0.723. The molecule has 0 saturated carbocycles. The number of carbonyl (C=O) groups is 1. The van der Waals surface area contributed by atoms with E-state index in [-0.39, 0.29) is 5.91 Å². The van der Waals surface area contributed by atoms with Crippen LogP contribution in [0.2, 0.25) is 0 Å². The van der Waals surface area contributed by atoms with Crippen molar-refractivity contribution in [2.75, 3.05) is 5.32 Å². The molecule has 5 rings (SSSR count). The number of hydrogen-bond donors (Lipinski definition) is 1. The van der Waals surface area contributed by atoms with Crippen LogP contribution in [0.15, 0.2) is 71.7 Å². The molecule has 0 aliphatic heterocycles. The van der Waals surface area contributed by atoms with Gasteiger partial charge >= 0.3 is 0 Å². The molecular formula is C30H23I2N3O2S. The Labute approximate surface area is 253 Å². The second-order valence-electron chi connectivity index (χ2n) is 8.88. The molecule has 4 aromatic rings. The van der Waals surface area contributed by atoms with Crippen molar-refractivity contribution in [1.29, 1.82) is 5.26 Å². The maximum atomic E-state index is 13.3. The first-order valence-corrected chi connectivity index (χ1v) is 15.1. The Bertz CT molecular complexity index is 1520. The van der Waals surface area contributed by atoms with Crippen molar-refractivity contribution in [3.05, 3.63) is 107 Å². The first-order valence-electron chi connectivity index (χ1n) is 12.2. The summed E-state index contributed by atoms with van der Waals surface area (Å²) in [5.41, 5.74) is 5.22. The molecule has 1 aliphatic rings. The van der Waals surface area contributed by atoms with Crippen LogP contribution in [0, 0.1) is 18.5 Å². The minimum absolute atomic E-state index is 0.0986. The van der Waals surface area contributed by atoms with Gasteiger partial charge < -0.3 is 10.1 Å². The number of carbonyl (C=O) groups excluding carboxylic acids is 1. The minimum Gasteiger partial charge on any atom is -0.487 e. The first kappa shape index (κ1) is 26.8. The highest BCUT2D eigenvalue weighted by atomic mass is 127. The SMILES string of the molecule is N#Cc1ccc(COc2c(I)cc(C=Nc3sc4c(c3C(=O)Nc3ccccc3)CCCC4)cc2I)cc1. The van der Waals surface area contributed by atoms with Crippen molar-refractivity contribution in [1.82, 2.24) is 0 Å². The second kappa shape index (κ2) is 12.4. The third kappa shape index (κ3) is 6.27. The van der Waals surface area contributed by atoms with Gasteiger partial charge in [-0.25, -0.2) is 4.99 Å². The quantitative estimate of drug-likeness (QED) is 0.153. The van der Waals surface area contributed by atoms with Gasteiger partial charge in [0, 0.05) is 16.8 Å². The third-order valence-electron chi connectivity index (χ3n) is 6.23. The molecule has 8 heteroatoms. The van der Waals surface area contributed by atoms with E-state index in [1.165, 1.54) is 4.88 Å².